The smallest absolute Gasteiger partial charge is 0.307 e. The maximum absolute atomic E-state index is 10.5. The van der Waals surface area contributed by atoms with Gasteiger partial charge in [0, 0.05) is 13.2 Å². The number of aliphatic carboxylic acids is 1. The predicted molar refractivity (Wildman–Crippen MR) is 60.0 cm³/mol. The van der Waals surface area contributed by atoms with Crippen molar-refractivity contribution in [3.05, 3.63) is 0 Å². The maximum Gasteiger partial charge on any atom is 0.307 e. The summed E-state index contributed by atoms with van der Waals surface area (Å²) < 4.78 is 5.39. The van der Waals surface area contributed by atoms with Crippen molar-refractivity contribution in [2.75, 3.05) is 19.7 Å². The number of rotatable bonds is 9. The molecule has 2 N–H and O–H groups in total. The van der Waals surface area contributed by atoms with Crippen molar-refractivity contribution < 1.29 is 14.6 Å². The highest BCUT2D eigenvalue weighted by molar-refractivity contribution is 5.69. The Hall–Kier alpha value is -0.610. The van der Waals surface area contributed by atoms with Crippen LogP contribution in [0.15, 0.2) is 0 Å². The van der Waals surface area contributed by atoms with Crippen molar-refractivity contribution in [1.29, 1.82) is 0 Å². The van der Waals surface area contributed by atoms with Crippen molar-refractivity contribution in [3.63, 3.8) is 0 Å². The fourth-order valence-electron chi connectivity index (χ4n) is 1.08. The number of carboxylic acids is 1. The minimum atomic E-state index is -0.745. The third-order valence-electron chi connectivity index (χ3n) is 2.07. The van der Waals surface area contributed by atoms with Crippen LogP contribution in [0.1, 0.15) is 33.6 Å². The molecular weight excluding hydrogens is 194 g/mol. The minimum absolute atomic E-state index is 0.296. The molecule has 0 aromatic rings. The quantitative estimate of drug-likeness (QED) is 0.575. The first kappa shape index (κ1) is 14.4. The van der Waals surface area contributed by atoms with Gasteiger partial charge in [0.25, 0.3) is 0 Å². The molecule has 0 spiro atoms. The monoisotopic (exact) mass is 217 g/mol. The topological polar surface area (TPSA) is 58.6 Å². The zero-order chi connectivity index (χ0) is 11.7. The van der Waals surface area contributed by atoms with E-state index in [1.54, 1.807) is 6.92 Å². The Labute approximate surface area is 92.0 Å². The van der Waals surface area contributed by atoms with E-state index in [0.29, 0.717) is 12.6 Å². The van der Waals surface area contributed by atoms with Gasteiger partial charge in [0.15, 0.2) is 0 Å². The first-order valence-electron chi connectivity index (χ1n) is 5.59. The van der Waals surface area contributed by atoms with Gasteiger partial charge in [0.05, 0.1) is 12.0 Å². The molecule has 90 valence electrons. The molecule has 0 fully saturated rings. The van der Waals surface area contributed by atoms with Gasteiger partial charge in [-0.25, -0.2) is 0 Å². The first-order valence-corrected chi connectivity index (χ1v) is 5.59. The van der Waals surface area contributed by atoms with Gasteiger partial charge in [-0.2, -0.15) is 0 Å². The second-order valence-corrected chi connectivity index (χ2v) is 4.07. The Morgan fingerprint density at radius 1 is 1.33 bits per heavy atom. The van der Waals surface area contributed by atoms with Crippen molar-refractivity contribution in [2.24, 2.45) is 5.92 Å². The Bertz CT molecular complexity index is 171. The molecule has 15 heavy (non-hydrogen) atoms. The lowest BCUT2D eigenvalue weighted by Crippen LogP contribution is -2.27. The van der Waals surface area contributed by atoms with Crippen LogP contribution in [-0.4, -0.2) is 36.9 Å². The Morgan fingerprint density at radius 3 is 2.53 bits per heavy atom. The third kappa shape index (κ3) is 9.69. The van der Waals surface area contributed by atoms with Crippen molar-refractivity contribution in [1.82, 2.24) is 5.32 Å². The maximum atomic E-state index is 10.5. The van der Waals surface area contributed by atoms with Crippen molar-refractivity contribution in [3.8, 4) is 0 Å². The van der Waals surface area contributed by atoms with Crippen LogP contribution in [0.2, 0.25) is 0 Å². The molecule has 0 aromatic heterocycles. The van der Waals surface area contributed by atoms with Gasteiger partial charge in [0.2, 0.25) is 0 Å². The molecule has 0 aliphatic carbocycles. The molecular formula is C11H23NO3. The SMILES string of the molecule is CC(C)OCCCCNCC(C)C(=O)O. The second-order valence-electron chi connectivity index (χ2n) is 4.07. The van der Waals surface area contributed by atoms with E-state index >= 15 is 0 Å². The highest BCUT2D eigenvalue weighted by Crippen LogP contribution is 1.95. The lowest BCUT2D eigenvalue weighted by Gasteiger charge is -2.09. The van der Waals surface area contributed by atoms with Crippen LogP contribution < -0.4 is 5.32 Å². The molecule has 0 amide bonds. The van der Waals surface area contributed by atoms with Crippen LogP contribution in [0.3, 0.4) is 0 Å². The number of unbranched alkanes of at least 4 members (excludes halogenated alkanes) is 1. The zero-order valence-electron chi connectivity index (χ0n) is 9.95. The molecule has 0 aliphatic rings. The molecule has 0 aromatic carbocycles. The summed E-state index contributed by atoms with van der Waals surface area (Å²) in [5.74, 6) is -1.05. The average molecular weight is 217 g/mol. The van der Waals surface area contributed by atoms with Gasteiger partial charge < -0.3 is 15.2 Å². The first-order chi connectivity index (χ1) is 7.04. The van der Waals surface area contributed by atoms with Gasteiger partial charge in [-0.05, 0) is 33.2 Å². The summed E-state index contributed by atoms with van der Waals surface area (Å²) in [7, 11) is 0. The van der Waals surface area contributed by atoms with Crippen molar-refractivity contribution >= 4 is 5.97 Å². The molecule has 0 bridgehead atoms. The second kappa shape index (κ2) is 8.68. The van der Waals surface area contributed by atoms with E-state index in [2.05, 4.69) is 5.32 Å². The molecule has 4 heteroatoms. The fraction of sp³-hybridized carbons (Fsp3) is 0.909. The summed E-state index contributed by atoms with van der Waals surface area (Å²) in [6.45, 7) is 7.93. The summed E-state index contributed by atoms with van der Waals surface area (Å²) in [5.41, 5.74) is 0. The summed E-state index contributed by atoms with van der Waals surface area (Å²) in [6, 6.07) is 0. The van der Waals surface area contributed by atoms with E-state index < -0.39 is 5.97 Å². The van der Waals surface area contributed by atoms with Crippen LogP contribution in [-0.2, 0) is 9.53 Å². The van der Waals surface area contributed by atoms with Crippen LogP contribution in [0.4, 0.5) is 0 Å². The van der Waals surface area contributed by atoms with Crippen LogP contribution in [0.25, 0.3) is 0 Å². The molecule has 0 saturated carbocycles. The molecule has 0 rings (SSSR count). The number of hydrogen-bond donors (Lipinski definition) is 2. The summed E-state index contributed by atoms with van der Waals surface area (Å²) in [5, 5.41) is 11.7. The number of carboxylic acid groups (broad SMARTS) is 1. The summed E-state index contributed by atoms with van der Waals surface area (Å²) >= 11 is 0. The Morgan fingerprint density at radius 2 is 2.00 bits per heavy atom. The molecule has 0 saturated heterocycles. The van der Waals surface area contributed by atoms with Crippen LogP contribution in [0.5, 0.6) is 0 Å². The van der Waals surface area contributed by atoms with Gasteiger partial charge in [-0.1, -0.05) is 6.92 Å². The highest BCUT2D eigenvalue weighted by atomic mass is 16.5. The molecule has 0 radical (unpaired) electrons. The molecule has 0 aliphatic heterocycles. The van der Waals surface area contributed by atoms with E-state index in [4.69, 9.17) is 9.84 Å². The van der Waals surface area contributed by atoms with E-state index in [-0.39, 0.29) is 5.92 Å². The van der Waals surface area contributed by atoms with E-state index in [1.165, 1.54) is 0 Å². The minimum Gasteiger partial charge on any atom is -0.481 e. The summed E-state index contributed by atoms with van der Waals surface area (Å²) in [6.07, 6.45) is 2.34. The van der Waals surface area contributed by atoms with E-state index in [1.807, 2.05) is 13.8 Å². The highest BCUT2D eigenvalue weighted by Gasteiger charge is 2.08. The van der Waals surface area contributed by atoms with Crippen LogP contribution >= 0.6 is 0 Å². The van der Waals surface area contributed by atoms with Gasteiger partial charge in [-0.15, -0.1) is 0 Å². The number of nitrogens with one attached hydrogen (secondary N) is 1. The van der Waals surface area contributed by atoms with E-state index in [0.717, 1.165) is 26.0 Å². The van der Waals surface area contributed by atoms with Gasteiger partial charge in [0.1, 0.15) is 0 Å². The molecule has 1 unspecified atom stereocenters. The fourth-order valence-corrected chi connectivity index (χ4v) is 1.08. The number of hydrogen-bond acceptors (Lipinski definition) is 3. The average Bonchev–Trinajstić information content (AvgIpc) is 2.15. The van der Waals surface area contributed by atoms with Crippen LogP contribution in [0, 0.1) is 5.92 Å². The van der Waals surface area contributed by atoms with Gasteiger partial charge in [-0.3, -0.25) is 4.79 Å². The Kier molecular flexibility index (Phi) is 8.33. The predicted octanol–water partition coefficient (Wildman–Crippen LogP) is 1.50. The third-order valence-corrected chi connectivity index (χ3v) is 2.07. The Balaban J connectivity index is 3.15. The van der Waals surface area contributed by atoms with Crippen molar-refractivity contribution in [2.45, 2.75) is 39.7 Å². The molecule has 0 heterocycles. The standard InChI is InChI=1S/C11H23NO3/c1-9(2)15-7-5-4-6-12-8-10(3)11(13)14/h9-10,12H,4-8H2,1-3H3,(H,13,14). The normalized spacial score (nSPS) is 13.1. The van der Waals surface area contributed by atoms with E-state index in [9.17, 15) is 4.79 Å². The molecule has 1 atom stereocenters. The number of ether oxygens (including phenoxy) is 1. The number of carbonyl (C=O) groups is 1. The van der Waals surface area contributed by atoms with Gasteiger partial charge >= 0.3 is 5.97 Å². The zero-order valence-corrected chi connectivity index (χ0v) is 9.95. The molecule has 4 nitrogen and oxygen atoms in total. The largest absolute Gasteiger partial charge is 0.481 e. The lowest BCUT2D eigenvalue weighted by atomic mass is 10.2. The summed E-state index contributed by atoms with van der Waals surface area (Å²) in [4.78, 5) is 10.5. The lowest BCUT2D eigenvalue weighted by molar-refractivity contribution is -0.140.